The summed E-state index contributed by atoms with van der Waals surface area (Å²) in [6.45, 7) is 9.26. The minimum atomic E-state index is -0.331. The van der Waals surface area contributed by atoms with Crippen molar-refractivity contribution in [3.8, 4) is 0 Å². The van der Waals surface area contributed by atoms with E-state index >= 15 is 0 Å². The van der Waals surface area contributed by atoms with E-state index in [0.29, 0.717) is 18.0 Å². The number of rotatable bonds is 3. The second-order valence-electron chi connectivity index (χ2n) is 5.98. The maximum atomic E-state index is 12.7. The molecule has 0 saturated carbocycles. The number of halogens is 1. The summed E-state index contributed by atoms with van der Waals surface area (Å²) in [4.78, 5) is 15.2. The van der Waals surface area contributed by atoms with Crippen molar-refractivity contribution in [2.24, 2.45) is 0 Å². The van der Waals surface area contributed by atoms with Crippen molar-refractivity contribution in [2.75, 3.05) is 18.4 Å². The molecule has 0 N–H and O–H groups in total. The average Bonchev–Trinajstić information content (AvgIpc) is 2.85. The third-order valence-electron chi connectivity index (χ3n) is 3.20. The number of hydrogen-bond acceptors (Lipinski definition) is 5. The lowest BCUT2D eigenvalue weighted by Gasteiger charge is -2.42. The van der Waals surface area contributed by atoms with E-state index in [4.69, 9.17) is 4.74 Å². The lowest BCUT2D eigenvalue weighted by molar-refractivity contribution is -0.116. The smallest absolute Gasteiger partial charge is 0.267 e. The molecule has 1 fully saturated rings. The number of ether oxygens (including phenoxy) is 1. The number of carbonyl (C=O) groups excluding carboxylic acids is 1. The molecule has 1 atom stereocenters. The van der Waals surface area contributed by atoms with Gasteiger partial charge in [-0.25, -0.2) is 0 Å². The second-order valence-corrected chi connectivity index (χ2v) is 7.38. The van der Waals surface area contributed by atoms with Crippen LogP contribution in [0, 0.1) is 0 Å². The van der Waals surface area contributed by atoms with Crippen LogP contribution >= 0.6 is 27.5 Å². The van der Waals surface area contributed by atoms with Crippen molar-refractivity contribution in [1.29, 1.82) is 0 Å². The van der Waals surface area contributed by atoms with Gasteiger partial charge in [-0.2, -0.15) is 0 Å². The van der Waals surface area contributed by atoms with E-state index in [0.717, 1.165) is 11.0 Å². The highest BCUT2D eigenvalue weighted by atomic mass is 79.9. The van der Waals surface area contributed by atoms with Gasteiger partial charge < -0.3 is 9.64 Å². The summed E-state index contributed by atoms with van der Waals surface area (Å²) in [5.41, 5.74) is 0.460. The van der Waals surface area contributed by atoms with Crippen molar-refractivity contribution in [3.63, 3.8) is 0 Å². The van der Waals surface area contributed by atoms with E-state index < -0.39 is 0 Å². The minimum absolute atomic E-state index is 0.0195. The van der Waals surface area contributed by atoms with E-state index in [1.807, 2.05) is 32.6 Å². The van der Waals surface area contributed by atoms with Crippen LogP contribution in [0.3, 0.4) is 0 Å². The summed E-state index contributed by atoms with van der Waals surface area (Å²) < 4.78 is 9.87. The number of nitrogens with zero attached hydrogens (tertiary/aromatic N) is 3. The highest BCUT2D eigenvalue weighted by Gasteiger charge is 2.36. The first kappa shape index (κ1) is 15.9. The first-order chi connectivity index (χ1) is 9.34. The van der Waals surface area contributed by atoms with Gasteiger partial charge in [0.25, 0.3) is 5.91 Å². The van der Waals surface area contributed by atoms with E-state index in [-0.39, 0.29) is 23.5 Å². The van der Waals surface area contributed by atoms with Crippen LogP contribution in [0.25, 0.3) is 0 Å². The molecule has 1 aliphatic rings. The van der Waals surface area contributed by atoms with Crippen LogP contribution in [0.15, 0.2) is 0 Å². The van der Waals surface area contributed by atoms with Crippen LogP contribution in [0.2, 0.25) is 0 Å². The Kier molecular flexibility index (Phi) is 4.81. The quantitative estimate of drug-likeness (QED) is 0.776. The zero-order valence-electron chi connectivity index (χ0n) is 12.2. The number of hydrogen-bond donors (Lipinski definition) is 0. The summed E-state index contributed by atoms with van der Waals surface area (Å²) >= 11 is 4.62. The summed E-state index contributed by atoms with van der Waals surface area (Å²) in [6, 6.07) is 0. The average molecular weight is 362 g/mol. The lowest BCUT2D eigenvalue weighted by Crippen LogP contribution is -2.55. The molecular weight excluding hydrogens is 342 g/mol. The molecule has 7 heteroatoms. The van der Waals surface area contributed by atoms with Crippen LogP contribution in [-0.2, 0) is 4.74 Å². The Bertz CT molecular complexity index is 490. The lowest BCUT2D eigenvalue weighted by atomic mass is 10.0. The molecule has 1 amide bonds. The van der Waals surface area contributed by atoms with Gasteiger partial charge in [0.2, 0.25) is 0 Å². The predicted octanol–water partition coefficient (Wildman–Crippen LogP) is 2.68. The molecule has 0 aliphatic carbocycles. The second kappa shape index (κ2) is 6.07. The molecule has 20 heavy (non-hydrogen) atoms. The van der Waals surface area contributed by atoms with E-state index in [9.17, 15) is 4.79 Å². The number of morpholine rings is 1. The van der Waals surface area contributed by atoms with Gasteiger partial charge in [-0.15, -0.1) is 5.10 Å². The highest BCUT2D eigenvalue weighted by Crippen LogP contribution is 2.26. The molecule has 0 aromatic carbocycles. The van der Waals surface area contributed by atoms with Crippen molar-refractivity contribution in [3.05, 3.63) is 10.6 Å². The SMILES string of the molecule is CC(C)c1nnsc1C(=O)N1CC(CBr)OC(C)(C)C1. The van der Waals surface area contributed by atoms with Crippen LogP contribution in [-0.4, -0.2) is 50.5 Å². The van der Waals surface area contributed by atoms with Gasteiger partial charge in [-0.1, -0.05) is 34.3 Å². The van der Waals surface area contributed by atoms with Crippen molar-refractivity contribution in [1.82, 2.24) is 14.5 Å². The highest BCUT2D eigenvalue weighted by molar-refractivity contribution is 9.09. The Morgan fingerprint density at radius 2 is 2.30 bits per heavy atom. The Morgan fingerprint density at radius 3 is 2.90 bits per heavy atom. The number of amides is 1. The third kappa shape index (κ3) is 3.38. The zero-order chi connectivity index (χ0) is 14.9. The van der Waals surface area contributed by atoms with Crippen LogP contribution in [0.5, 0.6) is 0 Å². The predicted molar refractivity (Wildman–Crippen MR) is 82.6 cm³/mol. The molecule has 1 aromatic rings. The molecule has 1 aromatic heterocycles. The summed E-state index contributed by atoms with van der Waals surface area (Å²) in [5, 5.41) is 4.81. The number of alkyl halides is 1. The van der Waals surface area contributed by atoms with Gasteiger partial charge in [0, 0.05) is 18.4 Å². The molecule has 112 valence electrons. The Balaban J connectivity index is 2.21. The van der Waals surface area contributed by atoms with E-state index in [1.165, 1.54) is 11.5 Å². The zero-order valence-corrected chi connectivity index (χ0v) is 14.6. The molecule has 0 radical (unpaired) electrons. The molecule has 2 heterocycles. The summed E-state index contributed by atoms with van der Waals surface area (Å²) in [7, 11) is 0. The van der Waals surface area contributed by atoms with Gasteiger partial charge in [0.05, 0.1) is 17.4 Å². The first-order valence-corrected chi connectivity index (χ1v) is 8.59. The molecule has 2 rings (SSSR count). The normalized spacial score (nSPS) is 22.3. The monoisotopic (exact) mass is 361 g/mol. The van der Waals surface area contributed by atoms with E-state index in [1.54, 1.807) is 0 Å². The van der Waals surface area contributed by atoms with Crippen LogP contribution < -0.4 is 0 Å². The van der Waals surface area contributed by atoms with Gasteiger partial charge in [0.15, 0.2) is 0 Å². The summed E-state index contributed by atoms with van der Waals surface area (Å²) in [5.74, 6) is 0.222. The molecule has 5 nitrogen and oxygen atoms in total. The Morgan fingerprint density at radius 1 is 1.60 bits per heavy atom. The first-order valence-electron chi connectivity index (χ1n) is 6.69. The van der Waals surface area contributed by atoms with Crippen molar-refractivity contribution in [2.45, 2.75) is 45.3 Å². The molecule has 1 aliphatic heterocycles. The maximum absolute atomic E-state index is 12.7. The largest absolute Gasteiger partial charge is 0.368 e. The molecule has 0 spiro atoms. The Hall–Kier alpha value is -0.530. The fourth-order valence-corrected chi connectivity index (χ4v) is 3.52. The third-order valence-corrected chi connectivity index (χ3v) is 4.65. The van der Waals surface area contributed by atoms with Gasteiger partial charge in [0.1, 0.15) is 4.88 Å². The number of aromatic nitrogens is 2. The van der Waals surface area contributed by atoms with Gasteiger partial charge in [-0.05, 0) is 31.3 Å². The van der Waals surface area contributed by atoms with Crippen LogP contribution in [0.4, 0.5) is 0 Å². The van der Waals surface area contributed by atoms with Crippen molar-refractivity contribution >= 4 is 33.4 Å². The topological polar surface area (TPSA) is 55.3 Å². The number of carbonyl (C=O) groups is 1. The van der Waals surface area contributed by atoms with E-state index in [2.05, 4.69) is 25.5 Å². The molecule has 0 bridgehead atoms. The minimum Gasteiger partial charge on any atom is -0.368 e. The fourth-order valence-electron chi connectivity index (χ4n) is 2.40. The fraction of sp³-hybridized carbons (Fsp3) is 0.769. The summed E-state index contributed by atoms with van der Waals surface area (Å²) in [6.07, 6.45) is 0.0195. The van der Waals surface area contributed by atoms with Crippen LogP contribution in [0.1, 0.15) is 49.0 Å². The molecule has 1 saturated heterocycles. The Labute approximate surface area is 132 Å². The van der Waals surface area contributed by atoms with Gasteiger partial charge >= 0.3 is 0 Å². The van der Waals surface area contributed by atoms with Gasteiger partial charge in [-0.3, -0.25) is 4.79 Å². The maximum Gasteiger partial charge on any atom is 0.267 e. The molecule has 1 unspecified atom stereocenters. The molecular formula is C13H20BrN3O2S. The van der Waals surface area contributed by atoms with Crippen molar-refractivity contribution < 1.29 is 9.53 Å². The standard InChI is InChI=1S/C13H20BrN3O2S/c1-8(2)10-11(20-16-15-10)12(18)17-6-9(5-14)19-13(3,4)7-17/h8-9H,5-7H2,1-4H3.